The van der Waals surface area contributed by atoms with Crippen LogP contribution < -0.4 is 0 Å². The molecule has 20 heavy (non-hydrogen) atoms. The Morgan fingerprint density at radius 3 is 2.25 bits per heavy atom. The second-order valence-electron chi connectivity index (χ2n) is 6.02. The van der Waals surface area contributed by atoms with Crippen LogP contribution in [0.1, 0.15) is 71.6 Å². The lowest BCUT2D eigenvalue weighted by Gasteiger charge is -2.19. The van der Waals surface area contributed by atoms with Gasteiger partial charge < -0.3 is 9.64 Å². The molecule has 0 radical (unpaired) electrons. The number of hydrogen-bond donors (Lipinski definition) is 0. The number of hydrogen-bond acceptors (Lipinski definition) is 3. The van der Waals surface area contributed by atoms with Crippen molar-refractivity contribution >= 4 is 5.97 Å². The minimum atomic E-state index is 0.0233. The molecule has 0 heterocycles. The van der Waals surface area contributed by atoms with Gasteiger partial charge in [0.15, 0.2) is 0 Å². The average Bonchev–Trinajstić information content (AvgIpc) is 2.42. The molecule has 0 unspecified atom stereocenters. The van der Waals surface area contributed by atoms with E-state index in [1.807, 2.05) is 0 Å². The van der Waals surface area contributed by atoms with Crippen molar-refractivity contribution < 1.29 is 9.53 Å². The topological polar surface area (TPSA) is 29.5 Å². The Bertz CT molecular complexity index is 243. The van der Waals surface area contributed by atoms with Crippen LogP contribution in [0.4, 0.5) is 0 Å². The first-order chi connectivity index (χ1) is 9.76. The lowest BCUT2D eigenvalue weighted by Crippen LogP contribution is -2.25. The molecule has 0 aromatic heterocycles. The molecule has 0 spiro atoms. The molecule has 0 aromatic rings. The van der Waals surface area contributed by atoms with Crippen LogP contribution >= 0.6 is 0 Å². The Hall–Kier alpha value is -0.570. The molecule has 1 aliphatic rings. The fourth-order valence-corrected chi connectivity index (χ4v) is 3.05. The summed E-state index contributed by atoms with van der Waals surface area (Å²) in [6, 6.07) is 0. The molecule has 0 atom stereocenters. The van der Waals surface area contributed by atoms with Crippen molar-refractivity contribution in [1.82, 2.24) is 4.90 Å². The Morgan fingerprint density at radius 1 is 1.05 bits per heavy atom. The number of carbonyl (C=O) groups is 1. The van der Waals surface area contributed by atoms with E-state index in [1.54, 1.807) is 0 Å². The van der Waals surface area contributed by atoms with E-state index in [4.69, 9.17) is 4.74 Å². The van der Waals surface area contributed by atoms with E-state index < -0.39 is 0 Å². The lowest BCUT2D eigenvalue weighted by atomic mass is 9.89. The van der Waals surface area contributed by atoms with E-state index in [0.29, 0.717) is 18.9 Å². The second kappa shape index (κ2) is 11.1. The number of nitrogens with zero attached hydrogens (tertiary/aromatic N) is 1. The second-order valence-corrected chi connectivity index (χ2v) is 6.02. The van der Waals surface area contributed by atoms with Gasteiger partial charge >= 0.3 is 5.97 Å². The highest BCUT2D eigenvalue weighted by Crippen LogP contribution is 2.25. The molecular weight excluding hydrogens is 250 g/mol. The molecule has 3 nitrogen and oxygen atoms in total. The first-order valence-corrected chi connectivity index (χ1v) is 8.64. The van der Waals surface area contributed by atoms with Gasteiger partial charge in [0.05, 0.1) is 6.61 Å². The van der Waals surface area contributed by atoms with E-state index in [1.165, 1.54) is 44.9 Å². The zero-order valence-electron chi connectivity index (χ0n) is 13.5. The summed E-state index contributed by atoms with van der Waals surface area (Å²) in [7, 11) is 0. The monoisotopic (exact) mass is 283 g/mol. The number of esters is 1. The highest BCUT2D eigenvalue weighted by atomic mass is 16.5. The normalized spacial score (nSPS) is 17.8. The number of carbonyl (C=O) groups excluding carboxylic acids is 1. The molecule has 0 aromatic carbocycles. The van der Waals surface area contributed by atoms with Gasteiger partial charge in [-0.1, -0.05) is 46.0 Å². The summed E-state index contributed by atoms with van der Waals surface area (Å²) in [4.78, 5) is 14.2. The van der Waals surface area contributed by atoms with E-state index >= 15 is 0 Å². The van der Waals surface area contributed by atoms with Crippen molar-refractivity contribution in [3.05, 3.63) is 0 Å². The van der Waals surface area contributed by atoms with Crippen LogP contribution in [-0.4, -0.2) is 37.1 Å². The maximum Gasteiger partial charge on any atom is 0.306 e. The minimum absolute atomic E-state index is 0.0233. The van der Waals surface area contributed by atoms with Crippen LogP contribution in [0.5, 0.6) is 0 Å². The van der Waals surface area contributed by atoms with Crippen molar-refractivity contribution in [3.63, 3.8) is 0 Å². The number of ether oxygens (including phenoxy) is 1. The highest BCUT2D eigenvalue weighted by molar-refractivity contribution is 5.69. The molecular formula is C17H33NO2. The zero-order chi connectivity index (χ0) is 14.6. The van der Waals surface area contributed by atoms with Crippen molar-refractivity contribution in [2.75, 3.05) is 26.2 Å². The SMILES string of the molecule is CCN(CC)CCCOC(=O)CC1CCCCCCC1. The third-order valence-corrected chi connectivity index (χ3v) is 4.46. The Labute approximate surface area is 125 Å². The van der Waals surface area contributed by atoms with Gasteiger partial charge in [0.1, 0.15) is 0 Å². The summed E-state index contributed by atoms with van der Waals surface area (Å²) in [5.41, 5.74) is 0. The largest absolute Gasteiger partial charge is 0.466 e. The molecule has 1 saturated carbocycles. The van der Waals surface area contributed by atoms with Gasteiger partial charge in [-0.2, -0.15) is 0 Å². The number of rotatable bonds is 8. The van der Waals surface area contributed by atoms with Gasteiger partial charge in [-0.25, -0.2) is 0 Å². The van der Waals surface area contributed by atoms with Crippen molar-refractivity contribution in [3.8, 4) is 0 Å². The Balaban J connectivity index is 2.09. The van der Waals surface area contributed by atoms with Gasteiger partial charge in [-0.15, -0.1) is 0 Å². The molecule has 0 N–H and O–H groups in total. The van der Waals surface area contributed by atoms with E-state index in [9.17, 15) is 4.79 Å². The van der Waals surface area contributed by atoms with Gasteiger partial charge in [0, 0.05) is 13.0 Å². The zero-order valence-corrected chi connectivity index (χ0v) is 13.5. The Morgan fingerprint density at radius 2 is 1.65 bits per heavy atom. The first kappa shape index (κ1) is 17.5. The summed E-state index contributed by atoms with van der Waals surface area (Å²) in [5.74, 6) is 0.598. The molecule has 1 aliphatic carbocycles. The molecule has 1 fully saturated rings. The van der Waals surface area contributed by atoms with Gasteiger partial charge in [-0.05, 0) is 38.3 Å². The molecule has 1 rings (SSSR count). The van der Waals surface area contributed by atoms with Crippen molar-refractivity contribution in [2.45, 2.75) is 71.6 Å². The fraction of sp³-hybridized carbons (Fsp3) is 0.941. The van der Waals surface area contributed by atoms with Crippen LogP contribution in [0.25, 0.3) is 0 Å². The van der Waals surface area contributed by atoms with Crippen LogP contribution in [0, 0.1) is 5.92 Å². The third-order valence-electron chi connectivity index (χ3n) is 4.46. The molecule has 0 amide bonds. The summed E-state index contributed by atoms with van der Waals surface area (Å²) in [5, 5.41) is 0. The van der Waals surface area contributed by atoms with Gasteiger partial charge in [0.2, 0.25) is 0 Å². The summed E-state index contributed by atoms with van der Waals surface area (Å²) >= 11 is 0. The maximum atomic E-state index is 11.9. The van der Waals surface area contributed by atoms with Crippen molar-refractivity contribution in [2.24, 2.45) is 5.92 Å². The molecule has 0 saturated heterocycles. The predicted molar refractivity (Wildman–Crippen MR) is 83.8 cm³/mol. The molecule has 0 bridgehead atoms. The average molecular weight is 283 g/mol. The van der Waals surface area contributed by atoms with E-state index in [2.05, 4.69) is 18.7 Å². The predicted octanol–water partition coefficient (Wildman–Crippen LogP) is 4.01. The summed E-state index contributed by atoms with van der Waals surface area (Å²) in [6.07, 6.45) is 10.7. The van der Waals surface area contributed by atoms with Crippen molar-refractivity contribution in [1.29, 1.82) is 0 Å². The van der Waals surface area contributed by atoms with Crippen LogP contribution in [0.2, 0.25) is 0 Å². The highest BCUT2D eigenvalue weighted by Gasteiger charge is 2.16. The van der Waals surface area contributed by atoms with Crippen LogP contribution in [0.15, 0.2) is 0 Å². The van der Waals surface area contributed by atoms with E-state index in [0.717, 1.165) is 26.1 Å². The first-order valence-electron chi connectivity index (χ1n) is 8.64. The fourth-order valence-electron chi connectivity index (χ4n) is 3.05. The summed E-state index contributed by atoms with van der Waals surface area (Å²) in [6.45, 7) is 8.11. The van der Waals surface area contributed by atoms with Crippen LogP contribution in [0.3, 0.4) is 0 Å². The Kier molecular flexibility index (Phi) is 9.73. The minimum Gasteiger partial charge on any atom is -0.466 e. The van der Waals surface area contributed by atoms with Gasteiger partial charge in [-0.3, -0.25) is 4.79 Å². The molecule has 3 heteroatoms. The van der Waals surface area contributed by atoms with Gasteiger partial charge in [0.25, 0.3) is 0 Å². The maximum absolute atomic E-state index is 11.9. The quantitative estimate of drug-likeness (QED) is 0.498. The van der Waals surface area contributed by atoms with Crippen LogP contribution in [-0.2, 0) is 9.53 Å². The molecule has 0 aliphatic heterocycles. The summed E-state index contributed by atoms with van der Waals surface area (Å²) < 4.78 is 5.39. The van der Waals surface area contributed by atoms with E-state index in [-0.39, 0.29) is 5.97 Å². The smallest absolute Gasteiger partial charge is 0.306 e. The molecule has 118 valence electrons. The standard InChI is InChI=1S/C17H33NO2/c1-3-18(4-2)13-10-14-20-17(19)15-16-11-8-6-5-7-9-12-16/h16H,3-15H2,1-2H3. The lowest BCUT2D eigenvalue weighted by molar-refractivity contribution is -0.145. The third kappa shape index (κ3) is 7.88.